The highest BCUT2D eigenvalue weighted by Gasteiger charge is 2.16. The summed E-state index contributed by atoms with van der Waals surface area (Å²) >= 11 is 1.53. The van der Waals surface area contributed by atoms with Gasteiger partial charge in [0.05, 0.1) is 5.60 Å². The topological polar surface area (TPSA) is 47.0 Å². The molecule has 14 heavy (non-hydrogen) atoms. The Morgan fingerprint density at radius 3 is 2.64 bits per heavy atom. The minimum atomic E-state index is -0.0779. The van der Waals surface area contributed by atoms with Crippen molar-refractivity contribution < 1.29 is 4.74 Å². The van der Waals surface area contributed by atoms with Crippen LogP contribution in [0, 0.1) is 0 Å². The molecule has 0 unspecified atom stereocenters. The van der Waals surface area contributed by atoms with E-state index in [1.54, 1.807) is 0 Å². The molecule has 0 aromatic carbocycles. The summed E-state index contributed by atoms with van der Waals surface area (Å²) < 4.78 is 5.70. The molecule has 0 saturated heterocycles. The molecule has 0 aliphatic rings. The van der Waals surface area contributed by atoms with E-state index in [0.717, 1.165) is 16.6 Å². The maximum absolute atomic E-state index is 5.70. The number of anilines is 1. The number of hydrogen-bond donors (Lipinski definition) is 1. The molecule has 0 aliphatic heterocycles. The Morgan fingerprint density at radius 1 is 1.43 bits per heavy atom. The molecule has 0 atom stereocenters. The van der Waals surface area contributed by atoms with Crippen molar-refractivity contribution in [3.05, 3.63) is 5.01 Å². The summed E-state index contributed by atoms with van der Waals surface area (Å²) in [5.74, 6) is 0. The first-order valence-electron chi connectivity index (χ1n) is 4.71. The van der Waals surface area contributed by atoms with E-state index >= 15 is 0 Å². The van der Waals surface area contributed by atoms with E-state index in [9.17, 15) is 0 Å². The second kappa shape index (κ2) is 4.70. The average Bonchev–Trinajstić information content (AvgIpc) is 2.63. The molecule has 0 amide bonds. The van der Waals surface area contributed by atoms with Crippen molar-refractivity contribution >= 4 is 16.5 Å². The molecule has 0 aliphatic carbocycles. The fraction of sp³-hybridized carbons (Fsp3) is 0.778. The summed E-state index contributed by atoms with van der Waals surface area (Å²) in [6.07, 6.45) is 0.991. The van der Waals surface area contributed by atoms with E-state index in [0.29, 0.717) is 6.61 Å². The zero-order valence-corrected chi connectivity index (χ0v) is 9.94. The van der Waals surface area contributed by atoms with Crippen LogP contribution >= 0.6 is 11.3 Å². The number of rotatable bonds is 5. The molecule has 1 N–H and O–H groups in total. The molecule has 1 aromatic heterocycles. The van der Waals surface area contributed by atoms with Gasteiger partial charge < -0.3 is 10.1 Å². The Kier molecular flexibility index (Phi) is 3.83. The fourth-order valence-corrected chi connectivity index (χ4v) is 1.38. The minimum absolute atomic E-state index is 0.0779. The molecule has 1 heterocycles. The second-order valence-corrected chi connectivity index (χ2v) is 4.71. The van der Waals surface area contributed by atoms with Gasteiger partial charge in [0.15, 0.2) is 0 Å². The van der Waals surface area contributed by atoms with E-state index < -0.39 is 0 Å². The Hall–Kier alpha value is -0.680. The molecule has 1 aromatic rings. The molecule has 0 saturated carbocycles. The summed E-state index contributed by atoms with van der Waals surface area (Å²) in [5.41, 5.74) is -0.0779. The van der Waals surface area contributed by atoms with Gasteiger partial charge in [-0.05, 0) is 20.3 Å². The minimum Gasteiger partial charge on any atom is -0.368 e. The summed E-state index contributed by atoms with van der Waals surface area (Å²) in [7, 11) is 1.83. The first-order chi connectivity index (χ1) is 6.57. The summed E-state index contributed by atoms with van der Waals surface area (Å²) in [5, 5.41) is 12.6. The maximum Gasteiger partial charge on any atom is 0.205 e. The van der Waals surface area contributed by atoms with Crippen molar-refractivity contribution in [2.45, 2.75) is 39.4 Å². The largest absolute Gasteiger partial charge is 0.368 e. The van der Waals surface area contributed by atoms with Crippen molar-refractivity contribution in [3.8, 4) is 0 Å². The van der Waals surface area contributed by atoms with Crippen LogP contribution in [0.25, 0.3) is 0 Å². The molecule has 5 heteroatoms. The number of aromatic nitrogens is 2. The van der Waals surface area contributed by atoms with Crippen LogP contribution in [0.1, 0.15) is 32.2 Å². The van der Waals surface area contributed by atoms with E-state index in [-0.39, 0.29) is 5.60 Å². The molecular weight excluding hydrogens is 198 g/mol. The van der Waals surface area contributed by atoms with Crippen molar-refractivity contribution in [2.75, 3.05) is 12.4 Å². The van der Waals surface area contributed by atoms with Crippen LogP contribution in [0.2, 0.25) is 0 Å². The van der Waals surface area contributed by atoms with Gasteiger partial charge in [0.1, 0.15) is 11.6 Å². The van der Waals surface area contributed by atoms with Gasteiger partial charge in [0.25, 0.3) is 0 Å². The van der Waals surface area contributed by atoms with E-state index in [4.69, 9.17) is 4.74 Å². The quantitative estimate of drug-likeness (QED) is 0.818. The summed E-state index contributed by atoms with van der Waals surface area (Å²) in [6, 6.07) is 0. The monoisotopic (exact) mass is 215 g/mol. The highest BCUT2D eigenvalue weighted by atomic mass is 32.1. The zero-order valence-electron chi connectivity index (χ0n) is 9.13. The maximum atomic E-state index is 5.70. The first kappa shape index (κ1) is 11.4. The highest BCUT2D eigenvalue weighted by Crippen LogP contribution is 2.20. The van der Waals surface area contributed by atoms with Gasteiger partial charge in [0.2, 0.25) is 5.13 Å². The van der Waals surface area contributed by atoms with Gasteiger partial charge in [-0.3, -0.25) is 0 Å². The number of hydrogen-bond acceptors (Lipinski definition) is 5. The molecule has 0 bridgehead atoms. The SMILES string of the molecule is CCC(C)(C)OCc1nnc(NC)s1. The van der Waals surface area contributed by atoms with Crippen LogP contribution < -0.4 is 5.32 Å². The van der Waals surface area contributed by atoms with Crippen molar-refractivity contribution in [3.63, 3.8) is 0 Å². The van der Waals surface area contributed by atoms with E-state index in [1.165, 1.54) is 11.3 Å². The van der Waals surface area contributed by atoms with Crippen LogP contribution in [-0.4, -0.2) is 22.8 Å². The zero-order chi connectivity index (χ0) is 10.6. The third-order valence-electron chi connectivity index (χ3n) is 2.12. The normalized spacial score (nSPS) is 11.7. The van der Waals surface area contributed by atoms with Crippen LogP contribution in [0.4, 0.5) is 5.13 Å². The number of ether oxygens (including phenoxy) is 1. The Bertz CT molecular complexity index is 285. The van der Waals surface area contributed by atoms with Gasteiger partial charge in [0, 0.05) is 7.05 Å². The standard InChI is InChI=1S/C9H17N3OS/c1-5-9(2,3)13-6-7-11-12-8(10-4)14-7/h5-6H2,1-4H3,(H,10,12). The summed E-state index contributed by atoms with van der Waals surface area (Å²) in [4.78, 5) is 0. The van der Waals surface area contributed by atoms with Gasteiger partial charge in [-0.1, -0.05) is 18.3 Å². The number of nitrogens with one attached hydrogen (secondary N) is 1. The lowest BCUT2D eigenvalue weighted by molar-refractivity contribution is -0.0318. The van der Waals surface area contributed by atoms with E-state index in [1.807, 2.05) is 7.05 Å². The molecule has 4 nitrogen and oxygen atoms in total. The van der Waals surface area contributed by atoms with Crippen LogP contribution in [0.3, 0.4) is 0 Å². The van der Waals surface area contributed by atoms with Crippen LogP contribution in [0.5, 0.6) is 0 Å². The summed E-state index contributed by atoms with van der Waals surface area (Å²) in [6.45, 7) is 6.80. The second-order valence-electron chi connectivity index (χ2n) is 3.65. The molecule has 80 valence electrons. The Labute approximate surface area is 88.7 Å². The van der Waals surface area contributed by atoms with Gasteiger partial charge in [-0.2, -0.15) is 0 Å². The van der Waals surface area contributed by atoms with Gasteiger partial charge >= 0.3 is 0 Å². The first-order valence-corrected chi connectivity index (χ1v) is 5.53. The lowest BCUT2D eigenvalue weighted by Gasteiger charge is -2.22. The predicted molar refractivity (Wildman–Crippen MR) is 58.6 cm³/mol. The van der Waals surface area contributed by atoms with Gasteiger partial charge in [-0.15, -0.1) is 10.2 Å². The molecule has 0 fully saturated rings. The van der Waals surface area contributed by atoms with Gasteiger partial charge in [-0.25, -0.2) is 0 Å². The molecule has 0 spiro atoms. The average molecular weight is 215 g/mol. The Balaban J connectivity index is 2.45. The molecular formula is C9H17N3OS. The number of nitrogens with zero attached hydrogens (tertiary/aromatic N) is 2. The lowest BCUT2D eigenvalue weighted by Crippen LogP contribution is -2.22. The highest BCUT2D eigenvalue weighted by molar-refractivity contribution is 7.15. The van der Waals surface area contributed by atoms with Crippen molar-refractivity contribution in [1.82, 2.24) is 10.2 Å². The fourth-order valence-electron chi connectivity index (χ4n) is 0.772. The van der Waals surface area contributed by atoms with E-state index in [2.05, 4.69) is 36.3 Å². The molecule has 0 radical (unpaired) electrons. The predicted octanol–water partition coefficient (Wildman–Crippen LogP) is 2.29. The van der Waals surface area contributed by atoms with Crippen molar-refractivity contribution in [1.29, 1.82) is 0 Å². The van der Waals surface area contributed by atoms with Crippen LogP contribution in [0.15, 0.2) is 0 Å². The Morgan fingerprint density at radius 2 is 2.14 bits per heavy atom. The van der Waals surface area contributed by atoms with Crippen LogP contribution in [-0.2, 0) is 11.3 Å². The third-order valence-corrected chi connectivity index (χ3v) is 3.03. The third kappa shape index (κ3) is 3.23. The van der Waals surface area contributed by atoms with Crippen molar-refractivity contribution in [2.24, 2.45) is 0 Å². The lowest BCUT2D eigenvalue weighted by atomic mass is 10.1. The smallest absolute Gasteiger partial charge is 0.205 e. The molecule has 1 rings (SSSR count).